The third-order valence-electron chi connectivity index (χ3n) is 2.04. The quantitative estimate of drug-likeness (QED) is 0.942. The van der Waals surface area contributed by atoms with E-state index < -0.39 is 5.97 Å². The minimum absolute atomic E-state index is 0.243. The Morgan fingerprint density at radius 3 is 2.88 bits per heavy atom. The van der Waals surface area contributed by atoms with Crippen LogP contribution < -0.4 is 0 Å². The Balaban J connectivity index is 2.39. The Kier molecular flexibility index (Phi) is 3.49. The Labute approximate surface area is 110 Å². The first-order valence-corrected chi connectivity index (χ1v) is 6.23. The molecule has 0 saturated carbocycles. The lowest BCUT2D eigenvalue weighted by Gasteiger charge is -2.05. The molecule has 88 valence electrons. The van der Waals surface area contributed by atoms with E-state index in [4.69, 9.17) is 5.11 Å². The predicted octanol–water partition coefficient (Wildman–Crippen LogP) is 2.43. The average Bonchev–Trinajstić information content (AvgIpc) is 2.67. The number of carboxylic acid groups (broad SMARTS) is 1. The Hall–Kier alpha value is -1.34. The third-order valence-corrected chi connectivity index (χ3v) is 3.66. The molecule has 0 unspecified atom stereocenters. The first kappa shape index (κ1) is 12.1. The molecule has 0 amide bonds. The minimum Gasteiger partial charge on any atom is -0.478 e. The molecule has 2 rings (SSSR count). The van der Waals surface area contributed by atoms with Crippen molar-refractivity contribution in [1.29, 1.82) is 0 Å². The van der Waals surface area contributed by atoms with Gasteiger partial charge < -0.3 is 9.67 Å². The second kappa shape index (κ2) is 4.89. The van der Waals surface area contributed by atoms with Gasteiger partial charge in [0.1, 0.15) is 6.33 Å². The molecule has 1 aromatic heterocycles. The molecule has 0 radical (unpaired) electrons. The van der Waals surface area contributed by atoms with Gasteiger partial charge in [-0.3, -0.25) is 0 Å². The van der Waals surface area contributed by atoms with E-state index in [0.29, 0.717) is 10.1 Å². The van der Waals surface area contributed by atoms with Crippen LogP contribution in [0.15, 0.2) is 39.1 Å². The van der Waals surface area contributed by atoms with Gasteiger partial charge in [-0.05, 0) is 30.0 Å². The average molecular weight is 314 g/mol. The summed E-state index contributed by atoms with van der Waals surface area (Å²) in [5.74, 6) is -0.962. The van der Waals surface area contributed by atoms with Gasteiger partial charge in [0.05, 0.1) is 5.56 Å². The number of aromatic nitrogens is 3. The minimum atomic E-state index is -0.962. The van der Waals surface area contributed by atoms with Crippen LogP contribution in [0.3, 0.4) is 0 Å². The van der Waals surface area contributed by atoms with Crippen LogP contribution in [0.2, 0.25) is 0 Å². The van der Waals surface area contributed by atoms with E-state index >= 15 is 0 Å². The first-order valence-electron chi connectivity index (χ1n) is 4.62. The smallest absolute Gasteiger partial charge is 0.336 e. The van der Waals surface area contributed by atoms with Crippen LogP contribution in [0.1, 0.15) is 10.4 Å². The normalized spacial score (nSPS) is 10.5. The number of carboxylic acids is 1. The molecule has 0 bridgehead atoms. The molecule has 0 aliphatic carbocycles. The molecule has 1 N–H and O–H groups in total. The Morgan fingerprint density at radius 2 is 2.29 bits per heavy atom. The molecule has 7 heteroatoms. The molecule has 2 aromatic rings. The Bertz CT molecular complexity index is 570. The summed E-state index contributed by atoms with van der Waals surface area (Å²) in [6.45, 7) is 0. The van der Waals surface area contributed by atoms with E-state index in [0.717, 1.165) is 4.47 Å². The molecule has 0 atom stereocenters. The fourth-order valence-electron chi connectivity index (χ4n) is 1.22. The van der Waals surface area contributed by atoms with Crippen LogP contribution in [0, 0.1) is 0 Å². The van der Waals surface area contributed by atoms with E-state index in [1.165, 1.54) is 11.8 Å². The van der Waals surface area contributed by atoms with Gasteiger partial charge in [0.25, 0.3) is 0 Å². The summed E-state index contributed by atoms with van der Waals surface area (Å²) < 4.78 is 2.47. The zero-order valence-corrected chi connectivity index (χ0v) is 11.2. The van der Waals surface area contributed by atoms with E-state index in [9.17, 15) is 4.79 Å². The van der Waals surface area contributed by atoms with Gasteiger partial charge in [0, 0.05) is 16.4 Å². The Morgan fingerprint density at radius 1 is 1.53 bits per heavy atom. The number of rotatable bonds is 3. The van der Waals surface area contributed by atoms with Crippen LogP contribution in [-0.2, 0) is 7.05 Å². The van der Waals surface area contributed by atoms with Gasteiger partial charge in [-0.1, -0.05) is 15.9 Å². The van der Waals surface area contributed by atoms with Crippen molar-refractivity contribution in [2.45, 2.75) is 10.1 Å². The van der Waals surface area contributed by atoms with Crippen molar-refractivity contribution in [2.24, 2.45) is 7.05 Å². The third kappa shape index (κ3) is 2.67. The number of aryl methyl sites for hydroxylation is 1. The van der Waals surface area contributed by atoms with Gasteiger partial charge in [-0.15, -0.1) is 10.2 Å². The van der Waals surface area contributed by atoms with Crippen LogP contribution in [0.4, 0.5) is 0 Å². The first-order chi connectivity index (χ1) is 8.08. The molecular weight excluding hydrogens is 306 g/mol. The molecule has 5 nitrogen and oxygen atoms in total. The van der Waals surface area contributed by atoms with Crippen LogP contribution in [0.5, 0.6) is 0 Å². The highest BCUT2D eigenvalue weighted by molar-refractivity contribution is 9.10. The number of hydrogen-bond donors (Lipinski definition) is 1. The summed E-state index contributed by atoms with van der Waals surface area (Å²) >= 11 is 4.52. The summed E-state index contributed by atoms with van der Waals surface area (Å²) in [4.78, 5) is 11.7. The monoisotopic (exact) mass is 313 g/mol. The number of aromatic carboxylic acids is 1. The SMILES string of the molecule is Cn1cnnc1Sc1ccc(Br)cc1C(=O)O. The van der Waals surface area contributed by atoms with Crippen molar-refractivity contribution < 1.29 is 9.90 Å². The van der Waals surface area contributed by atoms with Gasteiger partial charge in [0.2, 0.25) is 0 Å². The van der Waals surface area contributed by atoms with Crippen molar-refractivity contribution in [2.75, 3.05) is 0 Å². The van der Waals surface area contributed by atoms with Gasteiger partial charge in [0.15, 0.2) is 5.16 Å². The predicted molar refractivity (Wildman–Crippen MR) is 66.2 cm³/mol. The lowest BCUT2D eigenvalue weighted by atomic mass is 10.2. The lowest BCUT2D eigenvalue weighted by Crippen LogP contribution is -1.99. The molecule has 17 heavy (non-hydrogen) atoms. The molecule has 1 aromatic carbocycles. The van der Waals surface area contributed by atoms with Crippen LogP contribution in [0.25, 0.3) is 0 Å². The molecule has 0 aliphatic rings. The molecule has 1 heterocycles. The zero-order chi connectivity index (χ0) is 12.4. The zero-order valence-electron chi connectivity index (χ0n) is 8.79. The summed E-state index contributed by atoms with van der Waals surface area (Å²) in [5.41, 5.74) is 0.243. The van der Waals surface area contributed by atoms with E-state index in [-0.39, 0.29) is 5.56 Å². The van der Waals surface area contributed by atoms with Gasteiger partial charge >= 0.3 is 5.97 Å². The summed E-state index contributed by atoms with van der Waals surface area (Å²) in [6.07, 6.45) is 1.57. The fraction of sp³-hybridized carbons (Fsp3) is 0.100. The highest BCUT2D eigenvalue weighted by Crippen LogP contribution is 2.30. The van der Waals surface area contributed by atoms with Crippen LogP contribution in [-0.4, -0.2) is 25.8 Å². The van der Waals surface area contributed by atoms with Crippen molar-refractivity contribution in [3.63, 3.8) is 0 Å². The van der Waals surface area contributed by atoms with E-state index in [1.807, 2.05) is 7.05 Å². The van der Waals surface area contributed by atoms with Crippen LogP contribution >= 0.6 is 27.7 Å². The lowest BCUT2D eigenvalue weighted by molar-refractivity contribution is 0.0693. The van der Waals surface area contributed by atoms with Crippen molar-refractivity contribution in [3.05, 3.63) is 34.6 Å². The van der Waals surface area contributed by atoms with E-state index in [2.05, 4.69) is 26.1 Å². The molecule has 0 fully saturated rings. The van der Waals surface area contributed by atoms with Crippen molar-refractivity contribution in [3.8, 4) is 0 Å². The number of halogens is 1. The highest BCUT2D eigenvalue weighted by atomic mass is 79.9. The molecular formula is C10H8BrN3O2S. The largest absolute Gasteiger partial charge is 0.478 e. The molecule has 0 spiro atoms. The summed E-state index contributed by atoms with van der Waals surface area (Å²) in [6, 6.07) is 5.11. The maximum absolute atomic E-state index is 11.1. The number of carbonyl (C=O) groups is 1. The number of hydrogen-bond acceptors (Lipinski definition) is 4. The van der Waals surface area contributed by atoms with E-state index in [1.54, 1.807) is 29.1 Å². The second-order valence-electron chi connectivity index (χ2n) is 3.27. The topological polar surface area (TPSA) is 68.0 Å². The van der Waals surface area contributed by atoms with Crippen molar-refractivity contribution in [1.82, 2.24) is 14.8 Å². The number of nitrogens with zero attached hydrogens (tertiary/aromatic N) is 3. The summed E-state index contributed by atoms with van der Waals surface area (Å²) in [7, 11) is 1.81. The summed E-state index contributed by atoms with van der Waals surface area (Å²) in [5, 5.41) is 17.4. The van der Waals surface area contributed by atoms with Gasteiger partial charge in [-0.25, -0.2) is 4.79 Å². The molecule has 0 saturated heterocycles. The molecule has 0 aliphatic heterocycles. The standard InChI is InChI=1S/C10H8BrN3O2S/c1-14-5-12-13-10(14)17-8-3-2-6(11)4-7(8)9(15)16/h2-5H,1H3,(H,15,16). The fourth-order valence-corrected chi connectivity index (χ4v) is 2.45. The number of benzene rings is 1. The maximum Gasteiger partial charge on any atom is 0.336 e. The van der Waals surface area contributed by atoms with Gasteiger partial charge in [-0.2, -0.15) is 0 Å². The second-order valence-corrected chi connectivity index (χ2v) is 5.20. The van der Waals surface area contributed by atoms with Crippen molar-refractivity contribution >= 4 is 33.7 Å². The maximum atomic E-state index is 11.1. The highest BCUT2D eigenvalue weighted by Gasteiger charge is 2.13.